The number of carbonyl (C=O) groups is 1. The maximum absolute atomic E-state index is 12.4. The van der Waals surface area contributed by atoms with Crippen LogP contribution in [-0.2, 0) is 0 Å². The Morgan fingerprint density at radius 1 is 1.19 bits per heavy atom. The van der Waals surface area contributed by atoms with Crippen LogP contribution < -0.4 is 10.1 Å². The molecule has 0 radical (unpaired) electrons. The van der Waals surface area contributed by atoms with Gasteiger partial charge < -0.3 is 15.0 Å². The molecule has 0 bridgehead atoms. The number of anilines is 1. The van der Waals surface area contributed by atoms with Crippen molar-refractivity contribution < 1.29 is 9.53 Å². The second-order valence-corrected chi connectivity index (χ2v) is 7.27. The van der Waals surface area contributed by atoms with Crippen LogP contribution in [0.1, 0.15) is 16.8 Å². The standard InChI is InChI=1S/C19H20Cl2N4O2/c1-25(2)6-3-7-27-15-4-5-16-17(11-15)23-24-18(16)22-19(26)12-8-13(20)10-14(21)9-12/h4-5,8-11H,3,6-7H2,1-2H3,(H2,22,23,24,26). The van der Waals surface area contributed by atoms with Crippen LogP contribution in [0.15, 0.2) is 36.4 Å². The molecule has 0 fully saturated rings. The average molecular weight is 407 g/mol. The van der Waals surface area contributed by atoms with Crippen LogP contribution in [0.25, 0.3) is 10.9 Å². The van der Waals surface area contributed by atoms with E-state index < -0.39 is 0 Å². The first kappa shape index (κ1) is 19.5. The largest absolute Gasteiger partial charge is 0.493 e. The van der Waals surface area contributed by atoms with Crippen LogP contribution >= 0.6 is 23.2 Å². The molecule has 2 N–H and O–H groups in total. The number of ether oxygens (including phenoxy) is 1. The van der Waals surface area contributed by atoms with Gasteiger partial charge in [-0.3, -0.25) is 9.89 Å². The number of aromatic nitrogens is 2. The normalized spacial score (nSPS) is 11.1. The Hall–Kier alpha value is -2.28. The molecule has 0 aliphatic carbocycles. The molecule has 2 aromatic carbocycles. The Morgan fingerprint density at radius 2 is 1.93 bits per heavy atom. The zero-order valence-corrected chi connectivity index (χ0v) is 16.6. The molecule has 27 heavy (non-hydrogen) atoms. The van der Waals surface area contributed by atoms with Crippen molar-refractivity contribution >= 4 is 45.8 Å². The Kier molecular flexibility index (Phi) is 6.21. The number of H-pyrrole nitrogens is 1. The van der Waals surface area contributed by atoms with Gasteiger partial charge in [0.05, 0.1) is 12.1 Å². The van der Waals surface area contributed by atoms with Crippen molar-refractivity contribution in [2.24, 2.45) is 0 Å². The fourth-order valence-electron chi connectivity index (χ4n) is 2.62. The van der Waals surface area contributed by atoms with E-state index in [1.165, 1.54) is 0 Å². The average Bonchev–Trinajstić information content (AvgIpc) is 3.00. The summed E-state index contributed by atoms with van der Waals surface area (Å²) in [6, 6.07) is 10.3. The highest BCUT2D eigenvalue weighted by atomic mass is 35.5. The van der Waals surface area contributed by atoms with Crippen LogP contribution in [0.5, 0.6) is 5.75 Å². The van der Waals surface area contributed by atoms with E-state index in [9.17, 15) is 4.79 Å². The van der Waals surface area contributed by atoms with E-state index in [0.717, 1.165) is 29.6 Å². The number of halogens is 2. The molecule has 3 rings (SSSR count). The van der Waals surface area contributed by atoms with Gasteiger partial charge in [0.2, 0.25) is 0 Å². The highest BCUT2D eigenvalue weighted by Gasteiger charge is 2.13. The van der Waals surface area contributed by atoms with Gasteiger partial charge >= 0.3 is 0 Å². The molecule has 1 amide bonds. The summed E-state index contributed by atoms with van der Waals surface area (Å²) in [5.74, 6) is 0.853. The molecule has 142 valence electrons. The van der Waals surface area contributed by atoms with Crippen LogP contribution in [0.2, 0.25) is 10.0 Å². The van der Waals surface area contributed by atoms with E-state index >= 15 is 0 Å². The Bertz CT molecular complexity index is 936. The van der Waals surface area contributed by atoms with Crippen LogP contribution in [0.3, 0.4) is 0 Å². The molecule has 0 aliphatic rings. The number of carbonyl (C=O) groups excluding carboxylic acids is 1. The van der Waals surface area contributed by atoms with Gasteiger partial charge in [-0.05, 0) is 50.8 Å². The van der Waals surface area contributed by atoms with Crippen molar-refractivity contribution in [1.82, 2.24) is 15.1 Å². The van der Waals surface area contributed by atoms with Crippen molar-refractivity contribution in [2.75, 3.05) is 32.6 Å². The minimum Gasteiger partial charge on any atom is -0.493 e. The highest BCUT2D eigenvalue weighted by Crippen LogP contribution is 2.26. The minimum absolute atomic E-state index is 0.336. The highest BCUT2D eigenvalue weighted by molar-refractivity contribution is 6.35. The topological polar surface area (TPSA) is 70.2 Å². The maximum Gasteiger partial charge on any atom is 0.256 e. The third-order valence-electron chi connectivity index (χ3n) is 3.91. The molecule has 0 aliphatic heterocycles. The fourth-order valence-corrected chi connectivity index (χ4v) is 3.15. The number of fused-ring (bicyclic) bond motifs is 1. The molecule has 1 aromatic heterocycles. The molecular formula is C19H20Cl2N4O2. The first-order chi connectivity index (χ1) is 12.9. The molecule has 3 aromatic rings. The summed E-state index contributed by atoms with van der Waals surface area (Å²) >= 11 is 11.9. The predicted molar refractivity (Wildman–Crippen MR) is 109 cm³/mol. The number of amides is 1. The SMILES string of the molecule is CN(C)CCCOc1ccc2c(NC(=O)c3cc(Cl)cc(Cl)c3)n[nH]c2c1. The molecule has 0 saturated carbocycles. The molecule has 8 heteroatoms. The Morgan fingerprint density at radius 3 is 2.63 bits per heavy atom. The number of benzene rings is 2. The van der Waals surface area contributed by atoms with Crippen LogP contribution in [-0.4, -0.2) is 48.3 Å². The van der Waals surface area contributed by atoms with E-state index in [1.54, 1.807) is 18.2 Å². The lowest BCUT2D eigenvalue weighted by Gasteiger charge is -2.10. The first-order valence-electron chi connectivity index (χ1n) is 8.45. The lowest BCUT2D eigenvalue weighted by molar-refractivity contribution is 0.102. The van der Waals surface area contributed by atoms with Gasteiger partial charge in [0.15, 0.2) is 5.82 Å². The quantitative estimate of drug-likeness (QED) is 0.568. The molecule has 0 unspecified atom stereocenters. The minimum atomic E-state index is -0.336. The summed E-state index contributed by atoms with van der Waals surface area (Å²) in [4.78, 5) is 14.6. The summed E-state index contributed by atoms with van der Waals surface area (Å²) < 4.78 is 5.76. The third kappa shape index (κ3) is 5.13. The summed E-state index contributed by atoms with van der Waals surface area (Å²) in [6.45, 7) is 1.60. The van der Waals surface area contributed by atoms with Crippen LogP contribution in [0, 0.1) is 0 Å². The van der Waals surface area contributed by atoms with E-state index in [1.807, 2.05) is 32.3 Å². The molecule has 0 saturated heterocycles. The number of hydrogen-bond donors (Lipinski definition) is 2. The van der Waals surface area contributed by atoms with Gasteiger partial charge in [-0.2, -0.15) is 5.10 Å². The molecule has 1 heterocycles. The molecule has 6 nitrogen and oxygen atoms in total. The number of nitrogens with zero attached hydrogens (tertiary/aromatic N) is 2. The second-order valence-electron chi connectivity index (χ2n) is 6.40. The van der Waals surface area contributed by atoms with E-state index in [0.29, 0.717) is 28.0 Å². The van der Waals surface area contributed by atoms with Gasteiger partial charge in [0, 0.05) is 33.6 Å². The lowest BCUT2D eigenvalue weighted by Crippen LogP contribution is -2.15. The number of nitrogens with one attached hydrogen (secondary N) is 2. The number of rotatable bonds is 7. The van der Waals surface area contributed by atoms with E-state index in [-0.39, 0.29) is 5.91 Å². The van der Waals surface area contributed by atoms with Crippen molar-refractivity contribution in [3.63, 3.8) is 0 Å². The number of hydrogen-bond acceptors (Lipinski definition) is 4. The monoisotopic (exact) mass is 406 g/mol. The molecular weight excluding hydrogens is 387 g/mol. The Labute approximate surface area is 167 Å². The molecule has 0 atom stereocenters. The van der Waals surface area contributed by atoms with E-state index in [2.05, 4.69) is 20.4 Å². The lowest BCUT2D eigenvalue weighted by atomic mass is 10.2. The van der Waals surface area contributed by atoms with Gasteiger partial charge in [-0.1, -0.05) is 23.2 Å². The first-order valence-corrected chi connectivity index (χ1v) is 9.21. The smallest absolute Gasteiger partial charge is 0.256 e. The van der Waals surface area contributed by atoms with Gasteiger partial charge in [0.25, 0.3) is 5.91 Å². The Balaban J connectivity index is 1.70. The summed E-state index contributed by atoms with van der Waals surface area (Å²) in [5, 5.41) is 11.5. The van der Waals surface area contributed by atoms with Crippen molar-refractivity contribution in [1.29, 1.82) is 0 Å². The molecule has 0 spiro atoms. The zero-order valence-electron chi connectivity index (χ0n) is 15.1. The summed E-state index contributed by atoms with van der Waals surface area (Å²) in [6.07, 6.45) is 0.942. The number of aromatic amines is 1. The zero-order chi connectivity index (χ0) is 19.4. The fraction of sp³-hybridized carbons (Fsp3) is 0.263. The van der Waals surface area contributed by atoms with Crippen molar-refractivity contribution in [2.45, 2.75) is 6.42 Å². The predicted octanol–water partition coefficient (Wildman–Crippen LogP) is 4.45. The maximum atomic E-state index is 12.4. The van der Waals surface area contributed by atoms with Crippen molar-refractivity contribution in [3.8, 4) is 5.75 Å². The van der Waals surface area contributed by atoms with Crippen LogP contribution in [0.4, 0.5) is 5.82 Å². The summed E-state index contributed by atoms with van der Waals surface area (Å²) in [7, 11) is 4.06. The third-order valence-corrected chi connectivity index (χ3v) is 4.35. The second kappa shape index (κ2) is 8.61. The van der Waals surface area contributed by atoms with Gasteiger partial charge in [0.1, 0.15) is 5.75 Å². The van der Waals surface area contributed by atoms with E-state index in [4.69, 9.17) is 27.9 Å². The van der Waals surface area contributed by atoms with Gasteiger partial charge in [-0.25, -0.2) is 0 Å². The van der Waals surface area contributed by atoms with Crippen molar-refractivity contribution in [3.05, 3.63) is 52.0 Å². The van der Waals surface area contributed by atoms with Gasteiger partial charge in [-0.15, -0.1) is 0 Å². The summed E-state index contributed by atoms with van der Waals surface area (Å²) in [5.41, 5.74) is 1.14.